The Hall–Kier alpha value is -0.870. The molecule has 0 aromatic carbocycles. The molecule has 0 amide bonds. The molecule has 1 aliphatic heterocycles. The predicted molar refractivity (Wildman–Crippen MR) is 74.5 cm³/mol. The standard InChI is InChI=1S/C14H26N4/c1-14(2,3)13-10(9-18(5)16-13)12-11(15)7-6-8-17(12)4/h9,11-12H,6-8,15H2,1-5H3. The summed E-state index contributed by atoms with van der Waals surface area (Å²) in [5, 5.41) is 4.66. The Bertz CT molecular complexity index is 406. The number of rotatable bonds is 1. The number of aryl methyl sites for hydroxylation is 1. The Labute approximate surface area is 110 Å². The van der Waals surface area contributed by atoms with Gasteiger partial charge in [-0.2, -0.15) is 5.10 Å². The number of piperidine rings is 1. The van der Waals surface area contributed by atoms with Crippen molar-refractivity contribution >= 4 is 0 Å². The van der Waals surface area contributed by atoms with Crippen LogP contribution in [0.3, 0.4) is 0 Å². The van der Waals surface area contributed by atoms with Crippen molar-refractivity contribution in [2.24, 2.45) is 12.8 Å². The fourth-order valence-corrected chi connectivity index (χ4v) is 2.97. The van der Waals surface area contributed by atoms with Crippen LogP contribution in [0.15, 0.2) is 6.20 Å². The van der Waals surface area contributed by atoms with Gasteiger partial charge in [0, 0.05) is 30.3 Å². The molecule has 0 saturated carbocycles. The van der Waals surface area contributed by atoms with Gasteiger partial charge in [-0.05, 0) is 26.4 Å². The molecule has 1 aromatic heterocycles. The summed E-state index contributed by atoms with van der Waals surface area (Å²) >= 11 is 0. The van der Waals surface area contributed by atoms with Crippen molar-refractivity contribution in [2.75, 3.05) is 13.6 Å². The monoisotopic (exact) mass is 250 g/mol. The van der Waals surface area contributed by atoms with Gasteiger partial charge in [0.1, 0.15) is 0 Å². The van der Waals surface area contributed by atoms with Crippen LogP contribution in [0.5, 0.6) is 0 Å². The van der Waals surface area contributed by atoms with Crippen LogP contribution < -0.4 is 5.73 Å². The lowest BCUT2D eigenvalue weighted by Crippen LogP contribution is -2.44. The first-order valence-electron chi connectivity index (χ1n) is 6.80. The van der Waals surface area contributed by atoms with Gasteiger partial charge in [-0.15, -0.1) is 0 Å². The molecule has 0 spiro atoms. The Morgan fingerprint density at radius 1 is 1.33 bits per heavy atom. The van der Waals surface area contributed by atoms with Gasteiger partial charge in [0.2, 0.25) is 0 Å². The van der Waals surface area contributed by atoms with Crippen LogP contribution in [-0.2, 0) is 12.5 Å². The summed E-state index contributed by atoms with van der Waals surface area (Å²) in [5.74, 6) is 0. The number of nitrogens with two attached hydrogens (primary N) is 1. The van der Waals surface area contributed by atoms with Crippen molar-refractivity contribution in [1.29, 1.82) is 0 Å². The predicted octanol–water partition coefficient (Wildman–Crippen LogP) is 1.81. The third-order valence-electron chi connectivity index (χ3n) is 3.81. The topological polar surface area (TPSA) is 47.1 Å². The van der Waals surface area contributed by atoms with Crippen LogP contribution in [-0.4, -0.2) is 34.3 Å². The van der Waals surface area contributed by atoms with Gasteiger partial charge in [-0.25, -0.2) is 0 Å². The maximum Gasteiger partial charge on any atom is 0.0726 e. The third-order valence-corrected chi connectivity index (χ3v) is 3.81. The van der Waals surface area contributed by atoms with Crippen molar-refractivity contribution in [3.05, 3.63) is 17.5 Å². The molecule has 1 fully saturated rings. The average molecular weight is 250 g/mol. The molecule has 2 heterocycles. The fourth-order valence-electron chi connectivity index (χ4n) is 2.97. The quantitative estimate of drug-likeness (QED) is 0.827. The Kier molecular flexibility index (Phi) is 3.52. The van der Waals surface area contributed by atoms with Crippen molar-refractivity contribution in [3.8, 4) is 0 Å². The van der Waals surface area contributed by atoms with Gasteiger partial charge in [-0.1, -0.05) is 20.8 Å². The lowest BCUT2D eigenvalue weighted by Gasteiger charge is -2.38. The zero-order valence-corrected chi connectivity index (χ0v) is 12.3. The van der Waals surface area contributed by atoms with E-state index in [1.54, 1.807) is 0 Å². The van der Waals surface area contributed by atoms with Crippen LogP contribution >= 0.6 is 0 Å². The second kappa shape index (κ2) is 4.67. The molecule has 2 N–H and O–H groups in total. The fraction of sp³-hybridized carbons (Fsp3) is 0.786. The lowest BCUT2D eigenvalue weighted by molar-refractivity contribution is 0.161. The first-order valence-corrected chi connectivity index (χ1v) is 6.80. The van der Waals surface area contributed by atoms with Crippen LogP contribution in [0.4, 0.5) is 0 Å². The van der Waals surface area contributed by atoms with E-state index in [1.807, 2.05) is 11.7 Å². The summed E-state index contributed by atoms with van der Waals surface area (Å²) in [5.41, 5.74) is 8.89. The van der Waals surface area contributed by atoms with E-state index < -0.39 is 0 Å². The first-order chi connectivity index (χ1) is 8.30. The second-order valence-electron chi connectivity index (χ2n) is 6.59. The highest BCUT2D eigenvalue weighted by Crippen LogP contribution is 2.35. The Morgan fingerprint density at radius 2 is 2.00 bits per heavy atom. The van der Waals surface area contributed by atoms with Crippen molar-refractivity contribution in [3.63, 3.8) is 0 Å². The van der Waals surface area contributed by atoms with E-state index in [0.717, 1.165) is 13.0 Å². The molecule has 0 bridgehead atoms. The van der Waals surface area contributed by atoms with E-state index in [1.165, 1.54) is 17.7 Å². The van der Waals surface area contributed by atoms with Gasteiger partial charge in [0.05, 0.1) is 11.7 Å². The van der Waals surface area contributed by atoms with Gasteiger partial charge in [-0.3, -0.25) is 9.58 Å². The zero-order chi connectivity index (χ0) is 13.5. The van der Waals surface area contributed by atoms with Crippen LogP contribution in [0.2, 0.25) is 0 Å². The normalized spacial score (nSPS) is 26.6. The highest BCUT2D eigenvalue weighted by Gasteiger charge is 2.34. The first kappa shape index (κ1) is 13.6. The van der Waals surface area contributed by atoms with Gasteiger partial charge in [0.15, 0.2) is 0 Å². The zero-order valence-electron chi connectivity index (χ0n) is 12.3. The Balaban J connectivity index is 2.43. The molecule has 1 aliphatic rings. The molecule has 1 aromatic rings. The SMILES string of the molecule is CN1CCCC(N)C1c1cn(C)nc1C(C)(C)C. The van der Waals surface area contributed by atoms with Crippen molar-refractivity contribution < 1.29 is 0 Å². The minimum atomic E-state index is 0.0641. The summed E-state index contributed by atoms with van der Waals surface area (Å²) < 4.78 is 1.92. The smallest absolute Gasteiger partial charge is 0.0726 e. The number of hydrogen-bond donors (Lipinski definition) is 1. The Morgan fingerprint density at radius 3 is 2.56 bits per heavy atom. The summed E-state index contributed by atoms with van der Waals surface area (Å²) in [7, 11) is 4.16. The van der Waals surface area contributed by atoms with Gasteiger partial charge >= 0.3 is 0 Å². The lowest BCUT2D eigenvalue weighted by atomic mass is 9.83. The molecule has 2 rings (SSSR count). The molecule has 102 valence electrons. The van der Waals surface area contributed by atoms with Gasteiger partial charge < -0.3 is 5.73 Å². The summed E-state index contributed by atoms with van der Waals surface area (Å²) in [4.78, 5) is 2.38. The van der Waals surface area contributed by atoms with Crippen molar-refractivity contribution in [1.82, 2.24) is 14.7 Å². The molecule has 18 heavy (non-hydrogen) atoms. The minimum absolute atomic E-state index is 0.0641. The van der Waals surface area contributed by atoms with E-state index in [-0.39, 0.29) is 11.5 Å². The number of likely N-dealkylation sites (tertiary alicyclic amines) is 1. The molecular weight excluding hydrogens is 224 g/mol. The molecule has 2 atom stereocenters. The molecule has 2 unspecified atom stereocenters. The number of aromatic nitrogens is 2. The maximum atomic E-state index is 6.34. The van der Waals surface area contributed by atoms with Crippen LogP contribution in [0, 0.1) is 0 Å². The van der Waals surface area contributed by atoms with E-state index in [0.29, 0.717) is 6.04 Å². The van der Waals surface area contributed by atoms with Gasteiger partial charge in [0.25, 0.3) is 0 Å². The van der Waals surface area contributed by atoms with Crippen molar-refractivity contribution in [2.45, 2.75) is 51.1 Å². The number of hydrogen-bond acceptors (Lipinski definition) is 3. The highest BCUT2D eigenvalue weighted by atomic mass is 15.3. The molecular formula is C14H26N4. The van der Waals surface area contributed by atoms with E-state index >= 15 is 0 Å². The molecule has 0 aliphatic carbocycles. The third kappa shape index (κ3) is 2.45. The average Bonchev–Trinajstić information content (AvgIpc) is 2.59. The second-order valence-corrected chi connectivity index (χ2v) is 6.59. The summed E-state index contributed by atoms with van der Waals surface area (Å²) in [6.45, 7) is 7.77. The molecule has 4 nitrogen and oxygen atoms in total. The maximum absolute atomic E-state index is 6.34. The number of likely N-dealkylation sites (N-methyl/N-ethyl adjacent to an activating group) is 1. The van der Waals surface area contributed by atoms with E-state index in [2.05, 4.69) is 44.0 Å². The number of nitrogens with zero attached hydrogens (tertiary/aromatic N) is 3. The molecule has 4 heteroatoms. The van der Waals surface area contributed by atoms with Crippen LogP contribution in [0.25, 0.3) is 0 Å². The summed E-state index contributed by atoms with van der Waals surface area (Å²) in [6, 6.07) is 0.524. The highest BCUT2D eigenvalue weighted by molar-refractivity contribution is 5.29. The molecule has 1 saturated heterocycles. The van der Waals surface area contributed by atoms with E-state index in [4.69, 9.17) is 5.73 Å². The largest absolute Gasteiger partial charge is 0.326 e. The van der Waals surface area contributed by atoms with E-state index in [9.17, 15) is 0 Å². The van der Waals surface area contributed by atoms with Crippen LogP contribution in [0.1, 0.15) is 50.9 Å². The minimum Gasteiger partial charge on any atom is -0.326 e. The molecule has 0 radical (unpaired) electrons. The summed E-state index contributed by atoms with van der Waals surface area (Å²) in [6.07, 6.45) is 4.44.